The number of fused-ring (bicyclic) bond motifs is 1. The smallest absolute Gasteiger partial charge is 0.244 e. The molecule has 0 bridgehead atoms. The van der Waals surface area contributed by atoms with E-state index in [4.69, 9.17) is 26.5 Å². The predicted molar refractivity (Wildman–Crippen MR) is 201 cm³/mol. The molecule has 2 aliphatic rings. The second kappa shape index (κ2) is 15.5. The standard InChI is InChI=1S/C39H46N10O/c1-26-19-30-23-33(41-34(30)20-27(26)2)25-48(6)39-45-37(42-32-12-10-11-29(21-32)24-49-17-8-7-9-18-49)44-38(46-39)43-35(36(50)47(4)5)22-28-13-15-31(40-3)16-14-28/h10-16,19-21,35H,7-9,17-18,22-25H2,1-2,4-6H3,(H2,42,43,44,45,46)/t35-/m0/s1. The Kier molecular flexibility index (Phi) is 10.7. The molecule has 0 saturated carbocycles. The molecule has 1 aromatic heterocycles. The van der Waals surface area contributed by atoms with Gasteiger partial charge in [0.15, 0.2) is 5.69 Å². The lowest BCUT2D eigenvalue weighted by molar-refractivity contribution is -0.129. The molecule has 0 spiro atoms. The number of aryl methyl sites for hydroxylation is 2. The van der Waals surface area contributed by atoms with Crippen molar-refractivity contribution in [1.82, 2.24) is 24.8 Å². The summed E-state index contributed by atoms with van der Waals surface area (Å²) in [5.74, 6) is 1.01. The fourth-order valence-electron chi connectivity index (χ4n) is 6.49. The molecule has 0 unspecified atom stereocenters. The summed E-state index contributed by atoms with van der Waals surface area (Å²) in [7, 11) is 5.42. The van der Waals surface area contributed by atoms with Crippen molar-refractivity contribution >= 4 is 46.5 Å². The van der Waals surface area contributed by atoms with Gasteiger partial charge in [0.05, 0.1) is 18.8 Å². The quantitative estimate of drug-likeness (QED) is 0.162. The molecular formula is C39H46N10O. The van der Waals surface area contributed by atoms with Crippen LogP contribution in [0.15, 0.2) is 65.7 Å². The number of carbonyl (C=O) groups is 1. The summed E-state index contributed by atoms with van der Waals surface area (Å²) in [4.78, 5) is 42.4. The molecular weight excluding hydrogens is 624 g/mol. The van der Waals surface area contributed by atoms with Crippen LogP contribution in [-0.4, -0.2) is 83.2 Å². The summed E-state index contributed by atoms with van der Waals surface area (Å²) in [5.41, 5.74) is 9.37. The van der Waals surface area contributed by atoms with Gasteiger partial charge in [-0.1, -0.05) is 48.9 Å². The molecule has 6 rings (SSSR count). The fraction of sp³-hybridized carbons (Fsp3) is 0.385. The highest BCUT2D eigenvalue weighted by Gasteiger charge is 2.24. The maximum Gasteiger partial charge on any atom is 0.244 e. The molecule has 2 aliphatic heterocycles. The molecule has 11 nitrogen and oxygen atoms in total. The van der Waals surface area contributed by atoms with Crippen LogP contribution >= 0.6 is 0 Å². The topological polar surface area (TPSA) is 106 Å². The van der Waals surface area contributed by atoms with E-state index in [1.807, 2.05) is 30.1 Å². The summed E-state index contributed by atoms with van der Waals surface area (Å²) in [6.45, 7) is 15.2. The van der Waals surface area contributed by atoms with Gasteiger partial charge in [0.2, 0.25) is 23.8 Å². The summed E-state index contributed by atoms with van der Waals surface area (Å²) >= 11 is 0. The molecule has 1 atom stereocenters. The van der Waals surface area contributed by atoms with Gasteiger partial charge in [0, 0.05) is 51.9 Å². The number of likely N-dealkylation sites (tertiary alicyclic amines) is 1. The Morgan fingerprint density at radius 2 is 1.66 bits per heavy atom. The molecule has 258 valence electrons. The van der Waals surface area contributed by atoms with Gasteiger partial charge in [-0.05, 0) is 85.8 Å². The summed E-state index contributed by atoms with van der Waals surface area (Å²) in [5, 5.41) is 6.75. The van der Waals surface area contributed by atoms with Crippen LogP contribution in [0.1, 0.15) is 47.1 Å². The lowest BCUT2D eigenvalue weighted by atomic mass is 10.0. The van der Waals surface area contributed by atoms with Gasteiger partial charge < -0.3 is 20.4 Å². The third kappa shape index (κ3) is 8.62. The van der Waals surface area contributed by atoms with E-state index in [-0.39, 0.29) is 11.9 Å². The van der Waals surface area contributed by atoms with E-state index in [2.05, 4.69) is 64.6 Å². The van der Waals surface area contributed by atoms with Gasteiger partial charge in [-0.3, -0.25) is 14.7 Å². The first-order valence-corrected chi connectivity index (χ1v) is 17.3. The van der Waals surface area contributed by atoms with Crippen molar-refractivity contribution in [3.63, 3.8) is 0 Å². The number of nitrogens with zero attached hydrogens (tertiary/aromatic N) is 8. The second-order valence-corrected chi connectivity index (χ2v) is 13.6. The average molecular weight is 671 g/mol. The Balaban J connectivity index is 1.28. The second-order valence-electron chi connectivity index (χ2n) is 13.6. The highest BCUT2D eigenvalue weighted by molar-refractivity contribution is 5.97. The molecule has 0 aliphatic carbocycles. The number of rotatable bonds is 12. The third-order valence-electron chi connectivity index (χ3n) is 9.34. The van der Waals surface area contributed by atoms with Crippen molar-refractivity contribution in [1.29, 1.82) is 0 Å². The van der Waals surface area contributed by atoms with E-state index in [9.17, 15) is 4.79 Å². The largest absolute Gasteiger partial charge is 0.347 e. The van der Waals surface area contributed by atoms with E-state index in [0.717, 1.165) is 48.7 Å². The van der Waals surface area contributed by atoms with Gasteiger partial charge in [0.25, 0.3) is 0 Å². The minimum atomic E-state index is -0.648. The van der Waals surface area contributed by atoms with Gasteiger partial charge in [0.1, 0.15) is 6.04 Å². The molecule has 3 heterocycles. The highest BCUT2D eigenvalue weighted by Crippen LogP contribution is 2.30. The zero-order chi connectivity index (χ0) is 35.2. The van der Waals surface area contributed by atoms with E-state index in [1.165, 1.54) is 41.5 Å². The van der Waals surface area contributed by atoms with E-state index in [1.54, 1.807) is 31.1 Å². The van der Waals surface area contributed by atoms with Crippen molar-refractivity contribution < 1.29 is 4.79 Å². The number of benzene rings is 3. The maximum atomic E-state index is 13.5. The van der Waals surface area contributed by atoms with Crippen LogP contribution in [0.2, 0.25) is 0 Å². The molecule has 4 aromatic rings. The van der Waals surface area contributed by atoms with Crippen molar-refractivity contribution in [2.75, 3.05) is 56.3 Å². The van der Waals surface area contributed by atoms with Crippen molar-refractivity contribution in [2.45, 2.75) is 58.5 Å². The van der Waals surface area contributed by atoms with Crippen molar-refractivity contribution in [3.8, 4) is 0 Å². The normalized spacial score (nSPS) is 14.7. The maximum absolute atomic E-state index is 13.5. The Morgan fingerprint density at radius 1 is 0.920 bits per heavy atom. The number of likely N-dealkylation sites (N-methyl/N-ethyl adjacent to an activating group) is 1. The molecule has 0 radical (unpaired) electrons. The molecule has 1 amide bonds. The number of hydrogen-bond donors (Lipinski definition) is 2. The monoisotopic (exact) mass is 670 g/mol. The van der Waals surface area contributed by atoms with Crippen LogP contribution < -0.4 is 15.5 Å². The number of anilines is 4. The summed E-state index contributed by atoms with van der Waals surface area (Å²) in [6.07, 6.45) is 4.96. The van der Waals surface area contributed by atoms with E-state index < -0.39 is 6.04 Å². The van der Waals surface area contributed by atoms with Crippen LogP contribution in [0, 0.1) is 20.4 Å². The minimum absolute atomic E-state index is 0.113. The SMILES string of the molecule is [C-]#[N+]c1ccc(C[C@H](Nc2nc(Nc3cccc(CN4CCCCC4)c3)nc(N(C)CC3=Nc4cc(C)c(C)cc4C3)n2)C(=O)N(C)C)cc1. The Labute approximate surface area is 295 Å². The highest BCUT2D eigenvalue weighted by atomic mass is 16.2. The predicted octanol–water partition coefficient (Wildman–Crippen LogP) is 6.65. The van der Waals surface area contributed by atoms with Crippen molar-refractivity contribution in [2.24, 2.45) is 4.99 Å². The minimum Gasteiger partial charge on any atom is -0.347 e. The third-order valence-corrected chi connectivity index (χ3v) is 9.34. The van der Waals surface area contributed by atoms with Crippen LogP contribution in [0.25, 0.3) is 4.85 Å². The number of aliphatic imine (C=N–C) groups is 1. The average Bonchev–Trinajstić information content (AvgIpc) is 3.49. The van der Waals surface area contributed by atoms with Crippen LogP contribution in [0.3, 0.4) is 0 Å². The van der Waals surface area contributed by atoms with Crippen LogP contribution in [0.5, 0.6) is 0 Å². The molecule has 1 saturated heterocycles. The van der Waals surface area contributed by atoms with Crippen LogP contribution in [-0.2, 0) is 24.2 Å². The number of carbonyl (C=O) groups excluding carboxylic acids is 1. The van der Waals surface area contributed by atoms with Gasteiger partial charge >= 0.3 is 0 Å². The zero-order valence-electron chi connectivity index (χ0n) is 29.7. The summed E-state index contributed by atoms with van der Waals surface area (Å²) < 4.78 is 0. The first-order chi connectivity index (χ1) is 24.1. The lowest BCUT2D eigenvalue weighted by Crippen LogP contribution is -2.41. The number of nitrogens with one attached hydrogen (secondary N) is 2. The molecule has 11 heteroatoms. The first-order valence-electron chi connectivity index (χ1n) is 17.3. The lowest BCUT2D eigenvalue weighted by Gasteiger charge is -2.26. The number of hydrogen-bond acceptors (Lipinski definition) is 9. The Morgan fingerprint density at radius 3 is 2.40 bits per heavy atom. The molecule has 2 N–H and O–H groups in total. The number of amides is 1. The van der Waals surface area contributed by atoms with E-state index >= 15 is 0 Å². The van der Waals surface area contributed by atoms with Crippen molar-refractivity contribution in [3.05, 3.63) is 99.9 Å². The van der Waals surface area contributed by atoms with Gasteiger partial charge in [-0.2, -0.15) is 15.0 Å². The number of piperidine rings is 1. The zero-order valence-corrected chi connectivity index (χ0v) is 29.7. The summed E-state index contributed by atoms with van der Waals surface area (Å²) in [6, 6.07) is 19.4. The Hall–Kier alpha value is -5.34. The fourth-order valence-corrected chi connectivity index (χ4v) is 6.49. The van der Waals surface area contributed by atoms with Crippen LogP contribution in [0.4, 0.5) is 34.9 Å². The van der Waals surface area contributed by atoms with Gasteiger partial charge in [-0.15, -0.1) is 0 Å². The van der Waals surface area contributed by atoms with E-state index in [0.29, 0.717) is 30.5 Å². The molecule has 50 heavy (non-hydrogen) atoms. The Bertz CT molecular complexity index is 1910. The molecule has 1 fully saturated rings. The first kappa shape index (κ1) is 34.5. The number of aromatic nitrogens is 3. The molecule has 3 aromatic carbocycles. The van der Waals surface area contributed by atoms with Gasteiger partial charge in [-0.25, -0.2) is 4.85 Å².